The van der Waals surface area contributed by atoms with E-state index < -0.39 is 0 Å². The Bertz CT molecular complexity index is 250. The maximum Gasteiger partial charge on any atom is 0.107 e. The van der Waals surface area contributed by atoms with Crippen molar-refractivity contribution in [2.45, 2.75) is 36.8 Å². The highest BCUT2D eigenvalue weighted by Crippen LogP contribution is 2.30. The molecule has 0 bridgehead atoms. The second kappa shape index (κ2) is 3.87. The van der Waals surface area contributed by atoms with Crippen molar-refractivity contribution in [1.82, 2.24) is 5.32 Å². The lowest BCUT2D eigenvalue weighted by Gasteiger charge is -2.50. The van der Waals surface area contributed by atoms with Crippen molar-refractivity contribution in [3.63, 3.8) is 0 Å². The van der Waals surface area contributed by atoms with Gasteiger partial charge in [0.15, 0.2) is 0 Å². The van der Waals surface area contributed by atoms with Gasteiger partial charge in [0.1, 0.15) is 12.2 Å². The summed E-state index contributed by atoms with van der Waals surface area (Å²) in [7, 11) is 1.63. The van der Waals surface area contributed by atoms with Crippen LogP contribution >= 0.6 is 0 Å². The second-order valence-corrected chi connectivity index (χ2v) is 3.75. The van der Waals surface area contributed by atoms with Crippen LogP contribution < -0.4 is 5.32 Å². The molecule has 2 aliphatic rings. The highest BCUT2D eigenvalue weighted by atomic mass is 16.6. The first kappa shape index (κ1) is 9.94. The van der Waals surface area contributed by atoms with Gasteiger partial charge in [-0.1, -0.05) is 5.92 Å². The predicted molar refractivity (Wildman–Crippen MR) is 50.7 cm³/mol. The molecule has 0 saturated carbocycles. The van der Waals surface area contributed by atoms with E-state index in [9.17, 15) is 0 Å². The molecule has 0 radical (unpaired) electrons. The molecule has 0 aromatic heterocycles. The number of hydrogen-bond donors (Lipinski definition) is 2. The summed E-state index contributed by atoms with van der Waals surface area (Å²) in [5.74, 6) is 2.62. The van der Waals surface area contributed by atoms with Crippen molar-refractivity contribution in [2.24, 2.45) is 0 Å². The van der Waals surface area contributed by atoms with E-state index in [-0.39, 0.29) is 37.0 Å². The molecule has 0 amide bonds. The lowest BCUT2D eigenvalue weighted by atomic mass is 9.85. The molecule has 0 spiro atoms. The molecule has 2 fully saturated rings. The fourth-order valence-corrected chi connectivity index (χ4v) is 2.15. The van der Waals surface area contributed by atoms with Crippen LogP contribution in [0.2, 0.25) is 0 Å². The summed E-state index contributed by atoms with van der Waals surface area (Å²) < 4.78 is 10.9. The highest BCUT2D eigenvalue weighted by Gasteiger charge is 2.48. The van der Waals surface area contributed by atoms with Gasteiger partial charge < -0.3 is 14.6 Å². The topological polar surface area (TPSA) is 50.7 Å². The Hall–Kier alpha value is -0.600. The standard InChI is InChI=1S/C10H15NO3/c1-3-6-10-7(11-6)4-8(13-2)9(5-12)14-10/h1,6-12H,4-5H2,2H3/t6-,7?,8?,9?,10?/m1/s1. The molecule has 78 valence electrons. The summed E-state index contributed by atoms with van der Waals surface area (Å²) in [4.78, 5) is 0. The lowest BCUT2D eigenvalue weighted by molar-refractivity contribution is -0.187. The molecular weight excluding hydrogens is 182 g/mol. The Balaban J connectivity index is 1.99. The molecule has 5 atom stereocenters. The summed E-state index contributed by atoms with van der Waals surface area (Å²) >= 11 is 0. The van der Waals surface area contributed by atoms with Crippen molar-refractivity contribution < 1.29 is 14.6 Å². The quantitative estimate of drug-likeness (QED) is 0.565. The molecule has 0 aromatic rings. The molecule has 0 aliphatic carbocycles. The fourth-order valence-electron chi connectivity index (χ4n) is 2.15. The Morgan fingerprint density at radius 1 is 1.71 bits per heavy atom. The number of nitrogens with one attached hydrogen (secondary N) is 1. The number of hydrogen-bond acceptors (Lipinski definition) is 4. The van der Waals surface area contributed by atoms with Gasteiger partial charge in [0.05, 0.1) is 18.8 Å². The summed E-state index contributed by atoms with van der Waals surface area (Å²) in [5, 5.41) is 12.3. The molecule has 0 aromatic carbocycles. The third kappa shape index (κ3) is 1.43. The predicted octanol–water partition coefficient (Wildman–Crippen LogP) is -0.875. The van der Waals surface area contributed by atoms with E-state index in [1.807, 2.05) is 0 Å². The lowest BCUT2D eigenvalue weighted by Crippen LogP contribution is -2.71. The number of methoxy groups -OCH3 is 1. The monoisotopic (exact) mass is 197 g/mol. The summed E-state index contributed by atoms with van der Waals surface area (Å²) in [6.07, 6.45) is 5.93. The third-order valence-corrected chi connectivity index (χ3v) is 3.01. The Kier molecular flexibility index (Phi) is 2.75. The van der Waals surface area contributed by atoms with Gasteiger partial charge in [-0.2, -0.15) is 0 Å². The van der Waals surface area contributed by atoms with Crippen LogP contribution in [-0.2, 0) is 9.47 Å². The van der Waals surface area contributed by atoms with E-state index >= 15 is 0 Å². The average molecular weight is 197 g/mol. The van der Waals surface area contributed by atoms with Crippen molar-refractivity contribution in [3.05, 3.63) is 0 Å². The third-order valence-electron chi connectivity index (χ3n) is 3.01. The van der Waals surface area contributed by atoms with E-state index in [2.05, 4.69) is 11.2 Å². The molecule has 4 heteroatoms. The van der Waals surface area contributed by atoms with Gasteiger partial charge >= 0.3 is 0 Å². The van der Waals surface area contributed by atoms with Crippen LogP contribution in [0.4, 0.5) is 0 Å². The molecule has 2 aliphatic heterocycles. The van der Waals surface area contributed by atoms with Crippen molar-refractivity contribution in [1.29, 1.82) is 0 Å². The summed E-state index contributed by atoms with van der Waals surface area (Å²) in [6.45, 7) is -0.0149. The van der Waals surface area contributed by atoms with Crippen LogP contribution in [0.1, 0.15) is 6.42 Å². The van der Waals surface area contributed by atoms with Gasteiger partial charge in [0, 0.05) is 13.2 Å². The van der Waals surface area contributed by atoms with Crippen molar-refractivity contribution >= 4 is 0 Å². The fraction of sp³-hybridized carbons (Fsp3) is 0.800. The van der Waals surface area contributed by atoms with Crippen LogP contribution in [0.3, 0.4) is 0 Å². The number of aliphatic hydroxyl groups is 1. The zero-order chi connectivity index (χ0) is 10.1. The smallest absolute Gasteiger partial charge is 0.107 e. The Labute approximate surface area is 83.6 Å². The maximum atomic E-state index is 9.10. The van der Waals surface area contributed by atoms with Crippen LogP contribution in [0, 0.1) is 12.3 Å². The van der Waals surface area contributed by atoms with Gasteiger partial charge in [0.2, 0.25) is 0 Å². The SMILES string of the molecule is C#C[C@H]1NC2CC(OC)C(CO)OC21. The Morgan fingerprint density at radius 3 is 3.07 bits per heavy atom. The molecular formula is C10H15NO3. The average Bonchev–Trinajstić information content (AvgIpc) is 2.20. The normalized spacial score (nSPS) is 46.2. The van der Waals surface area contributed by atoms with E-state index in [0.29, 0.717) is 0 Å². The van der Waals surface area contributed by atoms with Crippen LogP contribution in [-0.4, -0.2) is 49.2 Å². The van der Waals surface area contributed by atoms with Gasteiger partial charge in [-0.05, 0) is 6.42 Å². The first-order valence-electron chi connectivity index (χ1n) is 4.81. The zero-order valence-electron chi connectivity index (χ0n) is 8.14. The van der Waals surface area contributed by atoms with Crippen molar-refractivity contribution in [2.75, 3.05) is 13.7 Å². The number of rotatable bonds is 2. The first-order valence-corrected chi connectivity index (χ1v) is 4.81. The summed E-state index contributed by atoms with van der Waals surface area (Å²) in [6, 6.07) is 0.274. The highest BCUT2D eigenvalue weighted by molar-refractivity contribution is 5.16. The van der Waals surface area contributed by atoms with Gasteiger partial charge in [-0.3, -0.25) is 5.32 Å². The number of ether oxygens (including phenoxy) is 2. The molecule has 2 saturated heterocycles. The van der Waals surface area contributed by atoms with Crippen LogP contribution in [0.15, 0.2) is 0 Å². The van der Waals surface area contributed by atoms with E-state index in [1.54, 1.807) is 7.11 Å². The zero-order valence-corrected chi connectivity index (χ0v) is 8.14. The molecule has 2 heterocycles. The van der Waals surface area contributed by atoms with Gasteiger partial charge in [-0.15, -0.1) is 6.42 Å². The maximum absolute atomic E-state index is 9.10. The molecule has 2 rings (SSSR count). The molecule has 2 N–H and O–H groups in total. The van der Waals surface area contributed by atoms with Gasteiger partial charge in [0.25, 0.3) is 0 Å². The molecule has 14 heavy (non-hydrogen) atoms. The molecule has 4 unspecified atom stereocenters. The second-order valence-electron chi connectivity index (χ2n) is 3.75. The van der Waals surface area contributed by atoms with E-state index in [4.69, 9.17) is 21.0 Å². The van der Waals surface area contributed by atoms with E-state index in [0.717, 1.165) is 6.42 Å². The largest absolute Gasteiger partial charge is 0.394 e. The summed E-state index contributed by atoms with van der Waals surface area (Å²) in [5.41, 5.74) is 0. The van der Waals surface area contributed by atoms with Crippen molar-refractivity contribution in [3.8, 4) is 12.3 Å². The van der Waals surface area contributed by atoms with Crippen LogP contribution in [0.25, 0.3) is 0 Å². The minimum Gasteiger partial charge on any atom is -0.394 e. The number of aliphatic hydroxyl groups excluding tert-OH is 1. The van der Waals surface area contributed by atoms with Gasteiger partial charge in [-0.25, -0.2) is 0 Å². The van der Waals surface area contributed by atoms with Crippen LogP contribution in [0.5, 0.6) is 0 Å². The Morgan fingerprint density at radius 2 is 2.50 bits per heavy atom. The molecule has 4 nitrogen and oxygen atoms in total. The number of fused-ring (bicyclic) bond motifs is 1. The minimum absolute atomic E-state index is 0.00754. The minimum atomic E-state index is -0.237. The first-order chi connectivity index (χ1) is 6.80. The van der Waals surface area contributed by atoms with E-state index in [1.165, 1.54) is 0 Å². The number of terminal acetylenes is 1.